The number of halogens is 3. The van der Waals surface area contributed by atoms with E-state index in [0.717, 1.165) is 5.56 Å². The van der Waals surface area contributed by atoms with Gasteiger partial charge >= 0.3 is 5.97 Å². The van der Waals surface area contributed by atoms with Gasteiger partial charge in [0.1, 0.15) is 12.3 Å². The van der Waals surface area contributed by atoms with Crippen LogP contribution in [0.4, 0.5) is 5.69 Å². The van der Waals surface area contributed by atoms with Gasteiger partial charge in [0.15, 0.2) is 23.0 Å². The molecule has 10 nitrogen and oxygen atoms in total. The van der Waals surface area contributed by atoms with Crippen molar-refractivity contribution in [3.63, 3.8) is 0 Å². The number of methoxy groups -OCH3 is 5. The summed E-state index contributed by atoms with van der Waals surface area (Å²) in [6.07, 6.45) is 0. The smallest absolute Gasteiger partial charge is 0.355 e. The number of ether oxygens (including phenoxy) is 6. The molecular formula is C34H31Cl3N2O8. The van der Waals surface area contributed by atoms with Crippen LogP contribution >= 0.6 is 35.6 Å². The summed E-state index contributed by atoms with van der Waals surface area (Å²) in [5.41, 5.74) is 7.80. The third-order valence-electron chi connectivity index (χ3n) is 7.33. The van der Waals surface area contributed by atoms with Crippen LogP contribution < -0.4 is 35.0 Å². The van der Waals surface area contributed by atoms with E-state index < -0.39 is 11.5 Å². The lowest BCUT2D eigenvalue weighted by Crippen LogP contribution is -2.27. The predicted molar refractivity (Wildman–Crippen MR) is 185 cm³/mol. The average molecular weight is 702 g/mol. The number of pyridine rings is 1. The summed E-state index contributed by atoms with van der Waals surface area (Å²) in [5.74, 6) is 0.836. The van der Waals surface area contributed by atoms with Crippen molar-refractivity contribution >= 4 is 58.0 Å². The molecule has 0 atom stereocenters. The van der Waals surface area contributed by atoms with Crippen molar-refractivity contribution in [3.05, 3.63) is 98.4 Å². The van der Waals surface area contributed by atoms with Gasteiger partial charge in [-0.2, -0.15) is 0 Å². The van der Waals surface area contributed by atoms with Crippen LogP contribution in [0.1, 0.15) is 16.1 Å². The molecule has 0 aliphatic heterocycles. The maximum absolute atomic E-state index is 14.4. The van der Waals surface area contributed by atoms with Crippen molar-refractivity contribution in [3.8, 4) is 45.6 Å². The van der Waals surface area contributed by atoms with Crippen molar-refractivity contribution in [2.75, 3.05) is 41.3 Å². The Morgan fingerprint density at radius 3 is 1.91 bits per heavy atom. The molecule has 0 unspecified atom stereocenters. The molecule has 13 heteroatoms. The summed E-state index contributed by atoms with van der Waals surface area (Å²) in [6.45, 7) is 0.102. The molecule has 5 rings (SSSR count). The lowest BCUT2D eigenvalue weighted by molar-refractivity contribution is 0.0591. The Morgan fingerprint density at radius 2 is 1.36 bits per heavy atom. The van der Waals surface area contributed by atoms with Crippen LogP contribution in [0.2, 0.25) is 10.0 Å². The van der Waals surface area contributed by atoms with E-state index >= 15 is 0 Å². The molecule has 4 aromatic carbocycles. The fourth-order valence-electron chi connectivity index (χ4n) is 5.15. The number of rotatable bonds is 10. The molecule has 2 N–H and O–H groups in total. The maximum Gasteiger partial charge on any atom is 0.355 e. The Balaban J connectivity index is 0.00000500. The van der Waals surface area contributed by atoms with E-state index in [0.29, 0.717) is 60.9 Å². The number of nitrogen functional groups attached to an aromatic ring is 1. The lowest BCUT2D eigenvalue weighted by atomic mass is 9.95. The van der Waals surface area contributed by atoms with Crippen molar-refractivity contribution in [2.24, 2.45) is 0 Å². The second kappa shape index (κ2) is 14.8. The molecule has 0 aliphatic rings. The molecule has 0 amide bonds. The van der Waals surface area contributed by atoms with Crippen LogP contribution in [-0.4, -0.2) is 46.1 Å². The molecule has 0 saturated heterocycles. The molecule has 47 heavy (non-hydrogen) atoms. The molecule has 246 valence electrons. The van der Waals surface area contributed by atoms with Gasteiger partial charge in [-0.15, -0.1) is 12.4 Å². The fraction of sp³-hybridized carbons (Fsp3) is 0.176. The van der Waals surface area contributed by atoms with Crippen LogP contribution in [-0.2, 0) is 11.3 Å². The van der Waals surface area contributed by atoms with Gasteiger partial charge in [0.05, 0.1) is 51.0 Å². The van der Waals surface area contributed by atoms with Crippen LogP contribution in [0, 0.1) is 0 Å². The lowest BCUT2D eigenvalue weighted by Gasteiger charge is -2.21. The van der Waals surface area contributed by atoms with E-state index in [-0.39, 0.29) is 35.8 Å². The zero-order chi connectivity index (χ0) is 33.1. The first kappa shape index (κ1) is 35.1. The molecule has 0 aliphatic carbocycles. The second-order valence-corrected chi connectivity index (χ2v) is 10.8. The van der Waals surface area contributed by atoms with Crippen molar-refractivity contribution in [1.82, 2.24) is 4.57 Å². The van der Waals surface area contributed by atoms with Gasteiger partial charge in [-0.1, -0.05) is 29.3 Å². The van der Waals surface area contributed by atoms with Gasteiger partial charge in [-0.3, -0.25) is 9.36 Å². The molecule has 0 spiro atoms. The first-order valence-corrected chi connectivity index (χ1v) is 14.5. The standard InChI is InChI=1S/C34H30Cl2N2O8.ClH/c1-41-26-15-22-23(16-27(26)46-17-18-6-11-24(35)25(36)12-18)33(39)38(21-9-7-20(37)8-10-21)31(34(40)45-5)30(22)19-13-28(42-2)32(44-4)29(14-19)43-3;/h6-16H,17,37H2,1-5H3;1H. The number of benzene rings is 4. The second-order valence-electron chi connectivity index (χ2n) is 9.95. The molecule has 0 saturated carbocycles. The number of aromatic nitrogens is 1. The van der Waals surface area contributed by atoms with Gasteiger partial charge in [0.2, 0.25) is 5.75 Å². The van der Waals surface area contributed by atoms with Gasteiger partial charge < -0.3 is 34.2 Å². The number of hydrogen-bond donors (Lipinski definition) is 1. The van der Waals surface area contributed by atoms with Crippen molar-refractivity contribution < 1.29 is 33.2 Å². The van der Waals surface area contributed by atoms with E-state index in [1.807, 2.05) is 0 Å². The zero-order valence-electron chi connectivity index (χ0n) is 26.0. The Labute approximate surface area is 286 Å². The predicted octanol–water partition coefficient (Wildman–Crippen LogP) is 7.37. The number of esters is 1. The summed E-state index contributed by atoms with van der Waals surface area (Å²) in [7, 11) is 7.17. The molecule has 1 heterocycles. The van der Waals surface area contributed by atoms with E-state index in [1.54, 1.807) is 66.7 Å². The highest BCUT2D eigenvalue weighted by Crippen LogP contribution is 2.45. The van der Waals surface area contributed by atoms with E-state index in [2.05, 4.69) is 0 Å². The third kappa shape index (κ3) is 6.71. The summed E-state index contributed by atoms with van der Waals surface area (Å²) in [4.78, 5) is 28.1. The number of hydrogen-bond acceptors (Lipinski definition) is 9. The Bertz CT molecular complexity index is 1990. The Kier molecular flexibility index (Phi) is 11.0. The highest BCUT2D eigenvalue weighted by Gasteiger charge is 2.28. The molecule has 1 aromatic heterocycles. The minimum Gasteiger partial charge on any atom is -0.493 e. The normalized spacial score (nSPS) is 10.6. The molecule has 5 aromatic rings. The maximum atomic E-state index is 14.4. The number of carbonyl (C=O) groups is 1. The van der Waals surface area contributed by atoms with E-state index in [1.165, 1.54) is 40.1 Å². The van der Waals surface area contributed by atoms with Gasteiger partial charge in [0.25, 0.3) is 5.56 Å². The quantitative estimate of drug-likeness (QED) is 0.118. The Morgan fingerprint density at radius 1 is 0.745 bits per heavy atom. The van der Waals surface area contributed by atoms with Crippen molar-refractivity contribution in [1.29, 1.82) is 0 Å². The number of fused-ring (bicyclic) bond motifs is 1. The van der Waals surface area contributed by atoms with Crippen LogP contribution in [0.5, 0.6) is 28.7 Å². The molecule has 0 fully saturated rings. The van der Waals surface area contributed by atoms with Crippen molar-refractivity contribution in [2.45, 2.75) is 6.61 Å². The summed E-state index contributed by atoms with van der Waals surface area (Å²) in [6, 6.07) is 18.3. The fourth-order valence-corrected chi connectivity index (χ4v) is 5.47. The Hall–Kier alpha value is -4.77. The van der Waals surface area contributed by atoms with E-state index in [9.17, 15) is 9.59 Å². The van der Waals surface area contributed by atoms with Crippen LogP contribution in [0.3, 0.4) is 0 Å². The molecule has 0 radical (unpaired) electrons. The number of nitrogens with two attached hydrogens (primary N) is 1. The highest BCUT2D eigenvalue weighted by molar-refractivity contribution is 6.42. The van der Waals surface area contributed by atoms with Crippen LogP contribution in [0.25, 0.3) is 27.6 Å². The topological polar surface area (TPSA) is 120 Å². The number of anilines is 1. The monoisotopic (exact) mass is 700 g/mol. The van der Waals surface area contributed by atoms with E-state index in [4.69, 9.17) is 57.4 Å². The first-order valence-electron chi connectivity index (χ1n) is 13.8. The SMILES string of the molecule is COC(=O)c1c(-c2cc(OC)c(OC)c(OC)c2)c2cc(OC)c(OCc3ccc(Cl)c(Cl)c3)cc2c(=O)n1-c1ccc(N)cc1.Cl. The average Bonchev–Trinajstić information content (AvgIpc) is 3.07. The minimum atomic E-state index is -0.765. The first-order chi connectivity index (χ1) is 22.1. The summed E-state index contributed by atoms with van der Waals surface area (Å²) >= 11 is 12.3. The van der Waals surface area contributed by atoms with Crippen LogP contribution in [0.15, 0.2) is 71.5 Å². The number of carbonyl (C=O) groups excluding carboxylic acids is 1. The molecular weight excluding hydrogens is 671 g/mol. The third-order valence-corrected chi connectivity index (χ3v) is 8.07. The highest BCUT2D eigenvalue weighted by atomic mass is 35.5. The minimum absolute atomic E-state index is 0. The van der Waals surface area contributed by atoms with Gasteiger partial charge in [-0.05, 0) is 71.8 Å². The summed E-state index contributed by atoms with van der Waals surface area (Å²) in [5, 5.41) is 1.39. The number of nitrogens with zero attached hydrogens (tertiary/aromatic N) is 1. The van der Waals surface area contributed by atoms with Gasteiger partial charge in [0, 0.05) is 22.3 Å². The van der Waals surface area contributed by atoms with Gasteiger partial charge in [-0.25, -0.2) is 4.79 Å². The summed E-state index contributed by atoms with van der Waals surface area (Å²) < 4.78 is 35.1. The largest absolute Gasteiger partial charge is 0.493 e. The molecule has 0 bridgehead atoms. The zero-order valence-corrected chi connectivity index (χ0v) is 28.3.